The van der Waals surface area contributed by atoms with Gasteiger partial charge in [-0.15, -0.1) is 0 Å². The molecule has 0 aromatic carbocycles. The maximum absolute atomic E-state index is 6.35. The molecule has 0 atom stereocenters. The van der Waals surface area contributed by atoms with E-state index in [2.05, 4.69) is 22.2 Å². The van der Waals surface area contributed by atoms with Gasteiger partial charge in [0, 0.05) is 25.8 Å². The van der Waals surface area contributed by atoms with Crippen LogP contribution in [-0.2, 0) is 6.54 Å². The number of hydrogen-bond donors (Lipinski definition) is 1. The van der Waals surface area contributed by atoms with E-state index in [0.717, 1.165) is 22.9 Å². The van der Waals surface area contributed by atoms with E-state index in [1.165, 1.54) is 32.1 Å². The van der Waals surface area contributed by atoms with E-state index in [1.807, 2.05) is 19.3 Å². The molecule has 1 fully saturated rings. The molecule has 0 radical (unpaired) electrons. The fourth-order valence-electron chi connectivity index (χ4n) is 2.67. The van der Waals surface area contributed by atoms with Gasteiger partial charge in [0.15, 0.2) is 0 Å². The first-order valence-corrected chi connectivity index (χ1v) is 7.12. The molecule has 1 aromatic heterocycles. The zero-order valence-electron chi connectivity index (χ0n) is 11.2. The molecule has 4 heteroatoms. The van der Waals surface area contributed by atoms with Crippen molar-refractivity contribution in [2.24, 2.45) is 0 Å². The zero-order valence-corrected chi connectivity index (χ0v) is 12.0. The van der Waals surface area contributed by atoms with Crippen LogP contribution < -0.4 is 10.2 Å². The third-order valence-corrected chi connectivity index (χ3v) is 3.99. The molecule has 0 aliphatic heterocycles. The minimum absolute atomic E-state index is 0.596. The molecule has 2 rings (SSSR count). The molecule has 1 aromatic rings. The molecule has 0 spiro atoms. The van der Waals surface area contributed by atoms with Crippen LogP contribution in [-0.4, -0.2) is 25.1 Å². The second kappa shape index (κ2) is 6.39. The van der Waals surface area contributed by atoms with Crippen molar-refractivity contribution in [1.29, 1.82) is 0 Å². The molecular formula is C14H22ClN3. The van der Waals surface area contributed by atoms with Gasteiger partial charge in [-0.25, -0.2) is 4.98 Å². The second-order valence-electron chi connectivity index (χ2n) is 5.08. The Bertz CT molecular complexity index is 389. The molecule has 18 heavy (non-hydrogen) atoms. The van der Waals surface area contributed by atoms with Crippen molar-refractivity contribution in [2.45, 2.75) is 44.7 Å². The third-order valence-electron chi connectivity index (χ3n) is 3.72. The molecule has 0 saturated heterocycles. The van der Waals surface area contributed by atoms with Crippen molar-refractivity contribution in [3.8, 4) is 0 Å². The summed E-state index contributed by atoms with van der Waals surface area (Å²) in [5, 5.41) is 3.87. The lowest BCUT2D eigenvalue weighted by atomic mass is 9.94. The smallest absolute Gasteiger partial charge is 0.147 e. The Morgan fingerprint density at radius 2 is 2.11 bits per heavy atom. The minimum Gasteiger partial charge on any atom is -0.355 e. The first-order chi connectivity index (χ1) is 8.72. The summed E-state index contributed by atoms with van der Waals surface area (Å²) in [5.41, 5.74) is 1.13. The van der Waals surface area contributed by atoms with E-state index in [-0.39, 0.29) is 0 Å². The van der Waals surface area contributed by atoms with E-state index in [0.29, 0.717) is 6.04 Å². The van der Waals surface area contributed by atoms with Crippen LogP contribution in [0.15, 0.2) is 12.3 Å². The highest BCUT2D eigenvalue weighted by molar-refractivity contribution is 6.33. The lowest BCUT2D eigenvalue weighted by molar-refractivity contribution is 0.426. The molecule has 1 heterocycles. The first kappa shape index (κ1) is 13.6. The highest BCUT2D eigenvalue weighted by Crippen LogP contribution is 2.29. The normalized spacial score (nSPS) is 16.8. The molecule has 0 unspecified atom stereocenters. The zero-order chi connectivity index (χ0) is 13.0. The first-order valence-electron chi connectivity index (χ1n) is 6.74. The summed E-state index contributed by atoms with van der Waals surface area (Å²) in [6.45, 7) is 0.806. The molecule has 100 valence electrons. The van der Waals surface area contributed by atoms with Crippen LogP contribution in [0, 0.1) is 0 Å². The molecule has 3 nitrogen and oxygen atoms in total. The topological polar surface area (TPSA) is 28.2 Å². The van der Waals surface area contributed by atoms with E-state index in [4.69, 9.17) is 11.6 Å². The van der Waals surface area contributed by atoms with Crippen LogP contribution in [0.25, 0.3) is 0 Å². The Morgan fingerprint density at radius 1 is 1.39 bits per heavy atom. The number of halogens is 1. The second-order valence-corrected chi connectivity index (χ2v) is 5.49. The van der Waals surface area contributed by atoms with Crippen LogP contribution in [0.3, 0.4) is 0 Å². The van der Waals surface area contributed by atoms with Crippen LogP contribution in [0.5, 0.6) is 0 Å². The summed E-state index contributed by atoms with van der Waals surface area (Å²) >= 11 is 6.35. The fraction of sp³-hybridized carbons (Fsp3) is 0.643. The van der Waals surface area contributed by atoms with Gasteiger partial charge in [-0.3, -0.25) is 0 Å². The lowest BCUT2D eigenvalue weighted by Crippen LogP contribution is -2.34. The highest BCUT2D eigenvalue weighted by Gasteiger charge is 2.20. The Balaban J connectivity index is 2.11. The van der Waals surface area contributed by atoms with Crippen LogP contribution in [0.1, 0.15) is 37.7 Å². The monoisotopic (exact) mass is 267 g/mol. The summed E-state index contributed by atoms with van der Waals surface area (Å²) in [4.78, 5) is 6.78. The van der Waals surface area contributed by atoms with E-state index >= 15 is 0 Å². The maximum Gasteiger partial charge on any atom is 0.147 e. The quantitative estimate of drug-likeness (QED) is 0.908. The van der Waals surface area contributed by atoms with Gasteiger partial charge in [0.25, 0.3) is 0 Å². The molecular weight excluding hydrogens is 246 g/mol. The van der Waals surface area contributed by atoms with Crippen LogP contribution >= 0.6 is 11.6 Å². The van der Waals surface area contributed by atoms with Gasteiger partial charge in [-0.1, -0.05) is 30.9 Å². The van der Waals surface area contributed by atoms with Gasteiger partial charge in [0.1, 0.15) is 5.82 Å². The van der Waals surface area contributed by atoms with Gasteiger partial charge in [0.2, 0.25) is 0 Å². The van der Waals surface area contributed by atoms with Gasteiger partial charge in [-0.05, 0) is 31.5 Å². The van der Waals surface area contributed by atoms with Crippen molar-refractivity contribution in [3.05, 3.63) is 22.8 Å². The summed E-state index contributed by atoms with van der Waals surface area (Å²) in [7, 11) is 4.04. The van der Waals surface area contributed by atoms with Crippen molar-refractivity contribution < 1.29 is 0 Å². The molecule has 1 aliphatic rings. The highest BCUT2D eigenvalue weighted by atomic mass is 35.5. The SMILES string of the molecule is CNCc1cnc(N(C)C2CCCCC2)c(Cl)c1. The van der Waals surface area contributed by atoms with Crippen molar-refractivity contribution in [3.63, 3.8) is 0 Å². The number of aromatic nitrogens is 1. The van der Waals surface area contributed by atoms with E-state index < -0.39 is 0 Å². The van der Waals surface area contributed by atoms with E-state index in [1.54, 1.807) is 0 Å². The predicted octanol–water partition coefficient (Wildman–Crippen LogP) is 3.22. The van der Waals surface area contributed by atoms with Crippen molar-refractivity contribution in [1.82, 2.24) is 10.3 Å². The average molecular weight is 268 g/mol. The number of rotatable bonds is 4. The standard InChI is InChI=1S/C14H22ClN3/c1-16-9-11-8-13(15)14(17-10-11)18(2)12-6-4-3-5-7-12/h8,10,12,16H,3-7,9H2,1-2H3. The van der Waals surface area contributed by atoms with Crippen LogP contribution in [0.4, 0.5) is 5.82 Å². The fourth-order valence-corrected chi connectivity index (χ4v) is 2.99. The van der Waals surface area contributed by atoms with Gasteiger partial charge in [0.05, 0.1) is 5.02 Å². The van der Waals surface area contributed by atoms with Gasteiger partial charge in [-0.2, -0.15) is 0 Å². The van der Waals surface area contributed by atoms with Crippen molar-refractivity contribution in [2.75, 3.05) is 19.0 Å². The molecule has 1 aliphatic carbocycles. The minimum atomic E-state index is 0.596. The van der Waals surface area contributed by atoms with Gasteiger partial charge < -0.3 is 10.2 Å². The number of anilines is 1. The Kier molecular flexibility index (Phi) is 4.84. The number of hydrogen-bond acceptors (Lipinski definition) is 3. The molecule has 1 N–H and O–H groups in total. The summed E-state index contributed by atoms with van der Waals surface area (Å²) in [6, 6.07) is 2.61. The lowest BCUT2D eigenvalue weighted by Gasteiger charge is -2.32. The number of pyridine rings is 1. The summed E-state index contributed by atoms with van der Waals surface area (Å²) in [5.74, 6) is 0.920. The number of nitrogens with one attached hydrogen (secondary N) is 1. The van der Waals surface area contributed by atoms with Crippen LogP contribution in [0.2, 0.25) is 5.02 Å². The Morgan fingerprint density at radius 3 is 2.72 bits per heavy atom. The molecule has 1 saturated carbocycles. The predicted molar refractivity (Wildman–Crippen MR) is 77.3 cm³/mol. The Labute approximate surface area is 115 Å². The molecule has 0 bridgehead atoms. The largest absolute Gasteiger partial charge is 0.355 e. The van der Waals surface area contributed by atoms with Crippen molar-refractivity contribution >= 4 is 17.4 Å². The van der Waals surface area contributed by atoms with Gasteiger partial charge >= 0.3 is 0 Å². The summed E-state index contributed by atoms with van der Waals surface area (Å²) in [6.07, 6.45) is 8.44. The van der Waals surface area contributed by atoms with E-state index in [9.17, 15) is 0 Å². The maximum atomic E-state index is 6.35. The third kappa shape index (κ3) is 3.15. The number of nitrogens with zero attached hydrogens (tertiary/aromatic N) is 2. The summed E-state index contributed by atoms with van der Waals surface area (Å²) < 4.78 is 0. The Hall–Kier alpha value is -0.800. The molecule has 0 amide bonds. The average Bonchev–Trinajstić information content (AvgIpc) is 2.40.